The van der Waals surface area contributed by atoms with Gasteiger partial charge in [-0.25, -0.2) is 0 Å². The number of hydrogen-bond acceptors (Lipinski definition) is 6. The minimum Gasteiger partial charge on any atom is -0.394 e. The molecule has 0 radical (unpaired) electrons. The Bertz CT molecular complexity index is 665. The van der Waals surface area contributed by atoms with Gasteiger partial charge in [0.05, 0.1) is 19.8 Å². The number of methoxy groups -OCH3 is 1. The molecule has 6 heteroatoms. The van der Waals surface area contributed by atoms with Crippen molar-refractivity contribution in [1.82, 2.24) is 0 Å². The van der Waals surface area contributed by atoms with E-state index in [0.717, 1.165) is 11.1 Å². The van der Waals surface area contributed by atoms with Crippen LogP contribution in [0.5, 0.6) is 0 Å². The molecule has 0 amide bonds. The Labute approximate surface area is 159 Å². The fraction of sp³-hybridized carbons (Fsp3) is 0.429. The average molecular weight is 374 g/mol. The number of hydrogen-bond donors (Lipinski definition) is 2. The molecule has 5 atom stereocenters. The lowest BCUT2D eigenvalue weighted by atomic mass is 9.98. The first-order valence-corrected chi connectivity index (χ1v) is 9.01. The predicted octanol–water partition coefficient (Wildman–Crippen LogP) is 1.88. The van der Waals surface area contributed by atoms with Crippen molar-refractivity contribution in [2.45, 2.75) is 43.9 Å². The second kappa shape index (κ2) is 9.94. The molecule has 0 spiro atoms. The maximum absolute atomic E-state index is 10.6. The minimum atomic E-state index is -1.04. The van der Waals surface area contributed by atoms with Crippen LogP contribution in [0, 0.1) is 0 Å². The first kappa shape index (κ1) is 19.9. The number of aliphatic hydroxyl groups excluding tert-OH is 2. The van der Waals surface area contributed by atoms with Crippen LogP contribution in [0.25, 0.3) is 0 Å². The Morgan fingerprint density at radius 3 is 1.85 bits per heavy atom. The monoisotopic (exact) mass is 374 g/mol. The summed E-state index contributed by atoms with van der Waals surface area (Å²) in [5.74, 6) is 0. The van der Waals surface area contributed by atoms with Gasteiger partial charge in [-0.15, -0.1) is 0 Å². The van der Waals surface area contributed by atoms with Crippen molar-refractivity contribution in [2.24, 2.45) is 0 Å². The molecule has 3 rings (SSSR count). The molecule has 0 aliphatic carbocycles. The minimum absolute atomic E-state index is 0.308. The van der Waals surface area contributed by atoms with Crippen LogP contribution in [0.1, 0.15) is 11.1 Å². The fourth-order valence-corrected chi connectivity index (χ4v) is 3.13. The third kappa shape index (κ3) is 5.13. The van der Waals surface area contributed by atoms with E-state index < -0.39 is 30.7 Å². The maximum atomic E-state index is 10.6. The van der Waals surface area contributed by atoms with Gasteiger partial charge in [-0.3, -0.25) is 0 Å². The summed E-state index contributed by atoms with van der Waals surface area (Å²) in [4.78, 5) is 0. The summed E-state index contributed by atoms with van der Waals surface area (Å²) in [6.45, 7) is 0.302. The molecule has 1 aliphatic heterocycles. The van der Waals surface area contributed by atoms with Gasteiger partial charge in [0.2, 0.25) is 0 Å². The van der Waals surface area contributed by atoms with Crippen molar-refractivity contribution in [3.63, 3.8) is 0 Å². The van der Waals surface area contributed by atoms with Crippen molar-refractivity contribution < 1.29 is 29.2 Å². The molecule has 0 bridgehead atoms. The summed E-state index contributed by atoms with van der Waals surface area (Å²) >= 11 is 0. The fourth-order valence-electron chi connectivity index (χ4n) is 3.13. The lowest BCUT2D eigenvalue weighted by Gasteiger charge is -2.43. The van der Waals surface area contributed by atoms with Gasteiger partial charge >= 0.3 is 0 Å². The number of aliphatic hydroxyl groups is 2. The highest BCUT2D eigenvalue weighted by Crippen LogP contribution is 2.28. The summed E-state index contributed by atoms with van der Waals surface area (Å²) in [5, 5.41) is 20.2. The van der Waals surface area contributed by atoms with E-state index >= 15 is 0 Å². The molecular formula is C21H26O6. The molecule has 0 saturated carbocycles. The van der Waals surface area contributed by atoms with Crippen molar-refractivity contribution in [3.8, 4) is 0 Å². The van der Waals surface area contributed by atoms with Crippen LogP contribution in [0.15, 0.2) is 60.7 Å². The van der Waals surface area contributed by atoms with Gasteiger partial charge in [0.1, 0.15) is 24.4 Å². The topological polar surface area (TPSA) is 77.4 Å². The van der Waals surface area contributed by atoms with Gasteiger partial charge in [0.25, 0.3) is 0 Å². The Morgan fingerprint density at radius 1 is 0.852 bits per heavy atom. The van der Waals surface area contributed by atoms with Crippen LogP contribution >= 0.6 is 0 Å². The molecule has 1 heterocycles. The van der Waals surface area contributed by atoms with E-state index in [1.807, 2.05) is 60.7 Å². The number of rotatable bonds is 8. The first-order chi connectivity index (χ1) is 13.2. The molecule has 1 saturated heterocycles. The summed E-state index contributed by atoms with van der Waals surface area (Å²) in [7, 11) is 1.50. The van der Waals surface area contributed by atoms with E-state index in [0.29, 0.717) is 13.2 Å². The Hall–Kier alpha value is -1.80. The predicted molar refractivity (Wildman–Crippen MR) is 98.8 cm³/mol. The summed E-state index contributed by atoms with van der Waals surface area (Å²) in [5.41, 5.74) is 1.97. The van der Waals surface area contributed by atoms with Crippen LogP contribution in [0.3, 0.4) is 0 Å². The van der Waals surface area contributed by atoms with Crippen LogP contribution < -0.4 is 0 Å². The highest BCUT2D eigenvalue weighted by Gasteiger charge is 2.46. The molecule has 2 aromatic carbocycles. The van der Waals surface area contributed by atoms with E-state index in [2.05, 4.69) is 0 Å². The third-order valence-electron chi connectivity index (χ3n) is 4.60. The van der Waals surface area contributed by atoms with E-state index in [-0.39, 0.29) is 6.61 Å². The molecule has 1 fully saturated rings. The van der Waals surface area contributed by atoms with Gasteiger partial charge < -0.3 is 29.2 Å². The lowest BCUT2D eigenvalue weighted by Crippen LogP contribution is -2.60. The smallest absolute Gasteiger partial charge is 0.186 e. The third-order valence-corrected chi connectivity index (χ3v) is 4.60. The Kier molecular flexibility index (Phi) is 7.34. The van der Waals surface area contributed by atoms with Crippen LogP contribution in [0.2, 0.25) is 0 Å². The lowest BCUT2D eigenvalue weighted by molar-refractivity contribution is -0.314. The molecular weight excluding hydrogens is 348 g/mol. The summed E-state index contributed by atoms with van der Waals surface area (Å²) < 4.78 is 23.1. The summed E-state index contributed by atoms with van der Waals surface area (Å²) in [6, 6.07) is 19.4. The van der Waals surface area contributed by atoms with Gasteiger partial charge in [0, 0.05) is 7.11 Å². The van der Waals surface area contributed by atoms with Gasteiger partial charge in [-0.2, -0.15) is 0 Å². The zero-order chi connectivity index (χ0) is 19.1. The van der Waals surface area contributed by atoms with E-state index in [4.69, 9.17) is 18.9 Å². The van der Waals surface area contributed by atoms with Gasteiger partial charge in [-0.1, -0.05) is 60.7 Å². The van der Waals surface area contributed by atoms with Crippen LogP contribution in [0.4, 0.5) is 0 Å². The largest absolute Gasteiger partial charge is 0.394 e. The normalized spacial score (nSPS) is 28.2. The highest BCUT2D eigenvalue weighted by molar-refractivity contribution is 5.14. The van der Waals surface area contributed by atoms with Crippen molar-refractivity contribution in [2.75, 3.05) is 13.7 Å². The molecule has 0 aromatic heterocycles. The van der Waals surface area contributed by atoms with Gasteiger partial charge in [-0.05, 0) is 11.1 Å². The SMILES string of the molecule is COC1OC(CO)[C@@H](O)[C@H](OCc2ccccc2)[C@@H]1OCc1ccccc1. The maximum Gasteiger partial charge on any atom is 0.186 e. The van der Waals surface area contributed by atoms with Crippen molar-refractivity contribution in [3.05, 3.63) is 71.8 Å². The zero-order valence-corrected chi connectivity index (χ0v) is 15.3. The van der Waals surface area contributed by atoms with E-state index in [9.17, 15) is 10.2 Å². The average Bonchev–Trinajstić information content (AvgIpc) is 2.73. The summed E-state index contributed by atoms with van der Waals surface area (Å²) in [6.07, 6.45) is -3.94. The molecule has 6 nitrogen and oxygen atoms in total. The van der Waals surface area contributed by atoms with Crippen molar-refractivity contribution >= 4 is 0 Å². The molecule has 2 unspecified atom stereocenters. The van der Waals surface area contributed by atoms with Crippen molar-refractivity contribution in [1.29, 1.82) is 0 Å². The second-order valence-electron chi connectivity index (χ2n) is 6.47. The second-order valence-corrected chi connectivity index (χ2v) is 6.47. The molecule has 2 N–H and O–H groups in total. The quantitative estimate of drug-likeness (QED) is 0.735. The molecule has 2 aromatic rings. The molecule has 27 heavy (non-hydrogen) atoms. The van der Waals surface area contributed by atoms with Crippen LogP contribution in [-0.4, -0.2) is 54.6 Å². The molecule has 146 valence electrons. The Balaban J connectivity index is 1.73. The zero-order valence-electron chi connectivity index (χ0n) is 15.3. The number of benzene rings is 2. The first-order valence-electron chi connectivity index (χ1n) is 9.01. The van der Waals surface area contributed by atoms with Crippen LogP contribution in [-0.2, 0) is 32.2 Å². The standard InChI is InChI=1S/C21H26O6/c1-24-21-20(26-14-16-10-6-3-7-11-16)19(18(23)17(12-22)27-21)25-13-15-8-4-2-5-9-15/h2-11,17-23H,12-14H2,1H3/t17?,18-,19+,20+,21?/m1/s1. The molecule has 1 aliphatic rings. The highest BCUT2D eigenvalue weighted by atomic mass is 16.7. The van der Waals surface area contributed by atoms with E-state index in [1.54, 1.807) is 0 Å². The Morgan fingerprint density at radius 2 is 1.37 bits per heavy atom. The van der Waals surface area contributed by atoms with Gasteiger partial charge in [0.15, 0.2) is 6.29 Å². The number of ether oxygens (including phenoxy) is 4. The van der Waals surface area contributed by atoms with E-state index in [1.165, 1.54) is 7.11 Å².